The Labute approximate surface area is 126 Å². The van der Waals surface area contributed by atoms with Gasteiger partial charge in [-0.3, -0.25) is 0 Å². The van der Waals surface area contributed by atoms with Crippen molar-refractivity contribution in [3.63, 3.8) is 0 Å². The third kappa shape index (κ3) is 2.45. The predicted octanol–water partition coefficient (Wildman–Crippen LogP) is 4.49. The number of benzene rings is 1. The number of anilines is 1. The van der Waals surface area contributed by atoms with Gasteiger partial charge in [0.1, 0.15) is 0 Å². The number of hydrogen-bond donors (Lipinski definition) is 1. The molecule has 0 radical (unpaired) electrons. The van der Waals surface area contributed by atoms with E-state index in [4.69, 9.17) is 0 Å². The summed E-state index contributed by atoms with van der Waals surface area (Å²) in [7, 11) is 0. The van der Waals surface area contributed by atoms with Crippen molar-refractivity contribution < 1.29 is 0 Å². The molecule has 0 bridgehead atoms. The topological polar surface area (TPSA) is 29.9 Å². The predicted molar refractivity (Wildman–Crippen MR) is 85.5 cm³/mol. The zero-order valence-corrected chi connectivity index (χ0v) is 12.5. The molecule has 2 aliphatic carbocycles. The van der Waals surface area contributed by atoms with Gasteiger partial charge in [0.05, 0.1) is 6.04 Å². The summed E-state index contributed by atoms with van der Waals surface area (Å²) in [6.45, 7) is 0. The fraction of sp³-hybridized carbons (Fsp3) is 0.500. The second kappa shape index (κ2) is 5.55. The molecular formula is C18H23N3. The molecule has 4 rings (SSSR count). The number of aryl methyl sites for hydroxylation is 1. The Balaban J connectivity index is 1.58. The van der Waals surface area contributed by atoms with Crippen LogP contribution < -0.4 is 5.32 Å². The molecule has 0 saturated heterocycles. The number of aromatic nitrogens is 2. The highest BCUT2D eigenvalue weighted by atomic mass is 15.2. The molecule has 110 valence electrons. The van der Waals surface area contributed by atoms with Gasteiger partial charge in [0, 0.05) is 18.4 Å². The van der Waals surface area contributed by atoms with Crippen molar-refractivity contribution in [2.45, 2.75) is 57.0 Å². The van der Waals surface area contributed by atoms with Crippen LogP contribution in [0.15, 0.2) is 36.7 Å². The Morgan fingerprint density at radius 1 is 1.05 bits per heavy atom. The van der Waals surface area contributed by atoms with E-state index in [1.54, 1.807) is 0 Å². The van der Waals surface area contributed by atoms with Crippen LogP contribution in [-0.4, -0.2) is 9.55 Å². The second-order valence-corrected chi connectivity index (χ2v) is 6.38. The molecule has 0 aliphatic heterocycles. The largest absolute Gasteiger partial charge is 0.349 e. The summed E-state index contributed by atoms with van der Waals surface area (Å²) in [5.74, 6) is 1.06. The van der Waals surface area contributed by atoms with Crippen LogP contribution in [0.1, 0.15) is 61.7 Å². The standard InChI is InChI=1S/C18H23N3/c1-4-10-16-14(6-1)7-5-11-17(16)20-18-19-12-13-21(18)15-8-2-3-9-15/h1,4,6,10,12-13,15,17H,2-3,5,7-9,11H2,(H,19,20). The summed E-state index contributed by atoms with van der Waals surface area (Å²) in [5, 5.41) is 3.71. The van der Waals surface area contributed by atoms with E-state index in [0.717, 1.165) is 5.95 Å². The molecule has 1 heterocycles. The lowest BCUT2D eigenvalue weighted by molar-refractivity contribution is 0.514. The maximum atomic E-state index is 4.58. The fourth-order valence-corrected chi connectivity index (χ4v) is 3.96. The summed E-state index contributed by atoms with van der Waals surface area (Å²) in [6.07, 6.45) is 13.1. The van der Waals surface area contributed by atoms with E-state index in [9.17, 15) is 0 Å². The normalized spacial score (nSPS) is 22.2. The van der Waals surface area contributed by atoms with Crippen LogP contribution in [0.3, 0.4) is 0 Å². The van der Waals surface area contributed by atoms with Gasteiger partial charge in [-0.25, -0.2) is 4.98 Å². The Morgan fingerprint density at radius 2 is 1.90 bits per heavy atom. The highest BCUT2D eigenvalue weighted by Gasteiger charge is 2.23. The summed E-state index contributed by atoms with van der Waals surface area (Å²) >= 11 is 0. The van der Waals surface area contributed by atoms with Gasteiger partial charge in [0.2, 0.25) is 5.95 Å². The van der Waals surface area contributed by atoms with E-state index in [2.05, 4.69) is 45.3 Å². The van der Waals surface area contributed by atoms with Crippen LogP contribution in [0.25, 0.3) is 0 Å². The highest BCUT2D eigenvalue weighted by Crippen LogP contribution is 2.35. The van der Waals surface area contributed by atoms with Crippen molar-refractivity contribution in [3.8, 4) is 0 Å². The first-order valence-corrected chi connectivity index (χ1v) is 8.29. The van der Waals surface area contributed by atoms with E-state index in [1.165, 1.54) is 56.1 Å². The number of fused-ring (bicyclic) bond motifs is 1. The molecule has 1 fully saturated rings. The molecule has 0 spiro atoms. The summed E-state index contributed by atoms with van der Waals surface area (Å²) in [4.78, 5) is 4.58. The molecule has 1 atom stereocenters. The molecule has 1 unspecified atom stereocenters. The molecule has 1 saturated carbocycles. The van der Waals surface area contributed by atoms with E-state index in [1.807, 2.05) is 6.20 Å². The summed E-state index contributed by atoms with van der Waals surface area (Å²) in [5.41, 5.74) is 2.96. The first-order chi connectivity index (χ1) is 10.4. The van der Waals surface area contributed by atoms with Gasteiger partial charge in [-0.15, -0.1) is 0 Å². The Kier molecular flexibility index (Phi) is 3.42. The minimum atomic E-state index is 0.414. The van der Waals surface area contributed by atoms with E-state index < -0.39 is 0 Å². The van der Waals surface area contributed by atoms with Gasteiger partial charge >= 0.3 is 0 Å². The van der Waals surface area contributed by atoms with Gasteiger partial charge in [0.25, 0.3) is 0 Å². The zero-order valence-electron chi connectivity index (χ0n) is 12.5. The quantitative estimate of drug-likeness (QED) is 0.898. The maximum Gasteiger partial charge on any atom is 0.203 e. The van der Waals surface area contributed by atoms with Crippen molar-refractivity contribution in [3.05, 3.63) is 47.8 Å². The Bertz CT molecular complexity index is 610. The first-order valence-electron chi connectivity index (χ1n) is 8.29. The zero-order chi connectivity index (χ0) is 14.1. The molecule has 2 aliphatic rings. The van der Waals surface area contributed by atoms with E-state index >= 15 is 0 Å². The van der Waals surface area contributed by atoms with E-state index in [-0.39, 0.29) is 0 Å². The SMILES string of the molecule is c1ccc2c(c1)CCCC2Nc1nccn1C1CCCC1. The molecule has 3 heteroatoms. The van der Waals surface area contributed by atoms with Crippen molar-refractivity contribution in [1.82, 2.24) is 9.55 Å². The van der Waals surface area contributed by atoms with Gasteiger partial charge in [0.15, 0.2) is 0 Å². The van der Waals surface area contributed by atoms with Crippen LogP contribution in [0, 0.1) is 0 Å². The molecule has 3 nitrogen and oxygen atoms in total. The maximum absolute atomic E-state index is 4.58. The van der Waals surface area contributed by atoms with Crippen molar-refractivity contribution in [2.24, 2.45) is 0 Å². The number of imidazole rings is 1. The lowest BCUT2D eigenvalue weighted by Crippen LogP contribution is -2.20. The number of rotatable bonds is 3. The average molecular weight is 281 g/mol. The molecule has 1 N–H and O–H groups in total. The lowest BCUT2D eigenvalue weighted by Gasteiger charge is -2.27. The minimum Gasteiger partial charge on any atom is -0.349 e. The minimum absolute atomic E-state index is 0.414. The van der Waals surface area contributed by atoms with Gasteiger partial charge in [-0.05, 0) is 43.2 Å². The number of nitrogens with zero attached hydrogens (tertiary/aromatic N) is 2. The molecule has 2 aromatic rings. The van der Waals surface area contributed by atoms with Crippen LogP contribution >= 0.6 is 0 Å². The molecular weight excluding hydrogens is 258 g/mol. The van der Waals surface area contributed by atoms with Crippen LogP contribution in [-0.2, 0) is 6.42 Å². The average Bonchev–Trinajstić information content (AvgIpc) is 3.18. The van der Waals surface area contributed by atoms with Crippen molar-refractivity contribution >= 4 is 5.95 Å². The third-order valence-electron chi connectivity index (χ3n) is 5.06. The van der Waals surface area contributed by atoms with Gasteiger partial charge in [-0.1, -0.05) is 37.1 Å². The highest BCUT2D eigenvalue weighted by molar-refractivity contribution is 5.39. The second-order valence-electron chi connectivity index (χ2n) is 6.38. The fourth-order valence-electron chi connectivity index (χ4n) is 3.96. The van der Waals surface area contributed by atoms with Crippen molar-refractivity contribution in [2.75, 3.05) is 5.32 Å². The van der Waals surface area contributed by atoms with E-state index in [0.29, 0.717) is 12.1 Å². The Hall–Kier alpha value is -1.77. The smallest absolute Gasteiger partial charge is 0.203 e. The Morgan fingerprint density at radius 3 is 2.81 bits per heavy atom. The van der Waals surface area contributed by atoms with Gasteiger partial charge in [-0.2, -0.15) is 0 Å². The first kappa shape index (κ1) is 12.9. The third-order valence-corrected chi connectivity index (χ3v) is 5.06. The van der Waals surface area contributed by atoms with Crippen LogP contribution in [0.2, 0.25) is 0 Å². The van der Waals surface area contributed by atoms with Crippen LogP contribution in [0.4, 0.5) is 5.95 Å². The van der Waals surface area contributed by atoms with Gasteiger partial charge < -0.3 is 9.88 Å². The lowest BCUT2D eigenvalue weighted by atomic mass is 9.88. The molecule has 1 aromatic carbocycles. The van der Waals surface area contributed by atoms with Crippen LogP contribution in [0.5, 0.6) is 0 Å². The monoisotopic (exact) mass is 281 g/mol. The number of nitrogens with one attached hydrogen (secondary N) is 1. The summed E-state index contributed by atoms with van der Waals surface area (Å²) < 4.78 is 2.37. The molecule has 0 amide bonds. The summed E-state index contributed by atoms with van der Waals surface area (Å²) in [6, 6.07) is 9.91. The van der Waals surface area contributed by atoms with Crippen molar-refractivity contribution in [1.29, 1.82) is 0 Å². The molecule has 1 aromatic heterocycles. The number of hydrogen-bond acceptors (Lipinski definition) is 2. The molecule has 21 heavy (non-hydrogen) atoms.